The minimum Gasteiger partial charge on any atom is -0.465 e. The van der Waals surface area contributed by atoms with Crippen LogP contribution >= 0.6 is 0 Å². The van der Waals surface area contributed by atoms with Crippen LogP contribution in [0.1, 0.15) is 45.6 Å². The topological polar surface area (TPSA) is 94.6 Å². The van der Waals surface area contributed by atoms with Gasteiger partial charge in [0.15, 0.2) is 0 Å². The summed E-state index contributed by atoms with van der Waals surface area (Å²) in [5.74, 6) is 0.607. The molecule has 3 rings (SSSR count). The fourth-order valence-electron chi connectivity index (χ4n) is 4.63. The van der Waals surface area contributed by atoms with E-state index in [-0.39, 0.29) is 23.3 Å². The highest BCUT2D eigenvalue weighted by Gasteiger charge is 2.44. The molecule has 10 heteroatoms. The first-order valence-corrected chi connectivity index (χ1v) is 10.4. The Morgan fingerprint density at radius 3 is 2.48 bits per heavy atom. The van der Waals surface area contributed by atoms with Crippen LogP contribution in [-0.4, -0.2) is 47.3 Å². The number of amides is 2. The van der Waals surface area contributed by atoms with Gasteiger partial charge in [-0.2, -0.15) is 13.2 Å². The average Bonchev–Trinajstić information content (AvgIpc) is 3.21. The maximum atomic E-state index is 12.8. The van der Waals surface area contributed by atoms with Crippen LogP contribution in [0, 0.1) is 17.3 Å². The van der Waals surface area contributed by atoms with Crippen LogP contribution in [0.25, 0.3) is 0 Å². The van der Waals surface area contributed by atoms with Crippen LogP contribution in [-0.2, 0) is 11.0 Å². The number of hydrogen-bond acceptors (Lipinski definition) is 4. The number of nitrogens with zero attached hydrogens (tertiary/aromatic N) is 2. The highest BCUT2D eigenvalue weighted by molar-refractivity contribution is 5.85. The van der Waals surface area contributed by atoms with E-state index in [0.717, 1.165) is 25.1 Å². The van der Waals surface area contributed by atoms with Gasteiger partial charge in [-0.1, -0.05) is 20.8 Å². The van der Waals surface area contributed by atoms with Crippen molar-refractivity contribution in [2.75, 3.05) is 18.0 Å². The number of rotatable bonds is 5. The Labute approximate surface area is 179 Å². The molecule has 2 heterocycles. The quantitative estimate of drug-likeness (QED) is 0.649. The molecule has 2 amide bonds. The molecule has 7 nitrogen and oxygen atoms in total. The summed E-state index contributed by atoms with van der Waals surface area (Å²) in [7, 11) is 0. The third kappa shape index (κ3) is 5.80. The van der Waals surface area contributed by atoms with Gasteiger partial charge in [0.05, 0.1) is 5.56 Å². The second kappa shape index (κ2) is 8.55. The minimum absolute atomic E-state index is 0.102. The maximum absolute atomic E-state index is 12.8. The average molecular weight is 442 g/mol. The fourth-order valence-corrected chi connectivity index (χ4v) is 4.63. The number of anilines is 1. The number of halogens is 3. The van der Waals surface area contributed by atoms with Crippen molar-refractivity contribution in [1.82, 2.24) is 15.6 Å². The van der Waals surface area contributed by atoms with Gasteiger partial charge < -0.3 is 20.6 Å². The lowest BCUT2D eigenvalue weighted by Gasteiger charge is -2.28. The largest absolute Gasteiger partial charge is 0.465 e. The summed E-state index contributed by atoms with van der Waals surface area (Å²) in [6, 6.07) is 1.47. The summed E-state index contributed by atoms with van der Waals surface area (Å²) in [5.41, 5.74) is -1.02. The van der Waals surface area contributed by atoms with Crippen molar-refractivity contribution in [3.05, 3.63) is 23.9 Å². The molecule has 1 saturated carbocycles. The second-order valence-corrected chi connectivity index (χ2v) is 9.69. The summed E-state index contributed by atoms with van der Waals surface area (Å²) in [5, 5.41) is 14.4. The number of alkyl halides is 3. The lowest BCUT2D eigenvalue weighted by Crippen LogP contribution is -2.51. The van der Waals surface area contributed by atoms with E-state index in [4.69, 9.17) is 5.11 Å². The van der Waals surface area contributed by atoms with E-state index in [1.54, 1.807) is 0 Å². The zero-order valence-electron chi connectivity index (χ0n) is 17.9. The highest BCUT2D eigenvalue weighted by atomic mass is 19.4. The number of pyridine rings is 1. The van der Waals surface area contributed by atoms with Crippen molar-refractivity contribution >= 4 is 17.8 Å². The van der Waals surface area contributed by atoms with Gasteiger partial charge >= 0.3 is 12.3 Å². The SMILES string of the molecule is CC(C)(C)C[C@H](NC(=O)O)C(=O)N[C@H]1CC[C@@H]2CN(c3ccc(C(F)(F)F)cn3)C[C@@H]21. The molecule has 0 aromatic carbocycles. The molecule has 172 valence electrons. The van der Waals surface area contributed by atoms with Gasteiger partial charge in [-0.05, 0) is 42.7 Å². The molecule has 1 saturated heterocycles. The number of fused-ring (bicyclic) bond motifs is 1. The van der Waals surface area contributed by atoms with Crippen LogP contribution in [0.2, 0.25) is 0 Å². The Kier molecular flexibility index (Phi) is 6.38. The predicted octanol–water partition coefficient (Wildman–Crippen LogP) is 3.50. The second-order valence-electron chi connectivity index (χ2n) is 9.69. The lowest BCUT2D eigenvalue weighted by molar-refractivity contribution is -0.137. The Balaban J connectivity index is 1.64. The normalized spacial score (nSPS) is 24.6. The third-order valence-corrected chi connectivity index (χ3v) is 6.01. The third-order valence-electron chi connectivity index (χ3n) is 6.01. The van der Waals surface area contributed by atoms with E-state index in [1.807, 2.05) is 25.7 Å². The van der Waals surface area contributed by atoms with Gasteiger partial charge in [0.2, 0.25) is 5.91 Å². The van der Waals surface area contributed by atoms with Crippen LogP contribution < -0.4 is 15.5 Å². The number of hydrogen-bond donors (Lipinski definition) is 3. The number of carbonyl (C=O) groups is 2. The summed E-state index contributed by atoms with van der Waals surface area (Å²) < 4.78 is 38.3. The molecule has 2 fully saturated rings. The molecule has 2 aliphatic rings. The first-order valence-electron chi connectivity index (χ1n) is 10.4. The van der Waals surface area contributed by atoms with E-state index in [2.05, 4.69) is 15.6 Å². The molecule has 0 radical (unpaired) electrons. The first-order chi connectivity index (χ1) is 14.3. The summed E-state index contributed by atoms with van der Waals surface area (Å²) in [4.78, 5) is 29.9. The standard InChI is InChI=1S/C21H29F3N4O3/c1-20(2,3)8-16(27-19(30)31)18(29)26-15-6-4-12-10-28(11-14(12)15)17-7-5-13(9-25-17)21(22,23)24/h5,7,9,12,14-16,27H,4,6,8,10-11H2,1-3H3,(H,26,29)(H,30,31)/t12-,14+,15+,16+/m1/s1. The van der Waals surface area contributed by atoms with Gasteiger partial charge in [0.25, 0.3) is 0 Å². The Morgan fingerprint density at radius 2 is 1.94 bits per heavy atom. The molecule has 0 unspecified atom stereocenters. The Hall–Kier alpha value is -2.52. The smallest absolute Gasteiger partial charge is 0.417 e. The number of carboxylic acid groups (broad SMARTS) is 1. The highest BCUT2D eigenvalue weighted by Crippen LogP contribution is 2.40. The van der Waals surface area contributed by atoms with Crippen molar-refractivity contribution in [2.24, 2.45) is 17.3 Å². The number of carbonyl (C=O) groups excluding carboxylic acids is 1. The minimum atomic E-state index is -4.42. The van der Waals surface area contributed by atoms with E-state index < -0.39 is 23.9 Å². The molecular formula is C21H29F3N4O3. The predicted molar refractivity (Wildman–Crippen MR) is 109 cm³/mol. The van der Waals surface area contributed by atoms with Crippen LogP contribution in [0.3, 0.4) is 0 Å². The molecule has 31 heavy (non-hydrogen) atoms. The molecule has 1 aromatic heterocycles. The van der Waals surface area contributed by atoms with E-state index in [0.29, 0.717) is 31.2 Å². The van der Waals surface area contributed by atoms with E-state index in [1.165, 1.54) is 6.07 Å². The molecule has 0 spiro atoms. The fraction of sp³-hybridized carbons (Fsp3) is 0.667. The van der Waals surface area contributed by atoms with Crippen molar-refractivity contribution in [2.45, 2.75) is 58.3 Å². The van der Waals surface area contributed by atoms with Gasteiger partial charge in [0, 0.05) is 31.2 Å². The zero-order chi connectivity index (χ0) is 23.0. The monoisotopic (exact) mass is 442 g/mol. The first kappa shape index (κ1) is 23.1. The van der Waals surface area contributed by atoms with Crippen LogP contribution in [0.5, 0.6) is 0 Å². The molecule has 1 aromatic rings. The summed E-state index contributed by atoms with van der Waals surface area (Å²) in [6.07, 6.45) is -2.76. The Bertz CT molecular complexity index is 808. The van der Waals surface area contributed by atoms with Crippen molar-refractivity contribution < 1.29 is 27.9 Å². The van der Waals surface area contributed by atoms with E-state index >= 15 is 0 Å². The van der Waals surface area contributed by atoms with Gasteiger partial charge in [-0.3, -0.25) is 4.79 Å². The lowest BCUT2D eigenvalue weighted by atomic mass is 9.87. The van der Waals surface area contributed by atoms with Crippen LogP contribution in [0.15, 0.2) is 18.3 Å². The van der Waals surface area contributed by atoms with Crippen molar-refractivity contribution in [3.63, 3.8) is 0 Å². The van der Waals surface area contributed by atoms with Gasteiger partial charge in [-0.25, -0.2) is 9.78 Å². The van der Waals surface area contributed by atoms with E-state index in [9.17, 15) is 22.8 Å². The summed E-state index contributed by atoms with van der Waals surface area (Å²) in [6.45, 7) is 7.08. The Morgan fingerprint density at radius 1 is 1.23 bits per heavy atom. The molecule has 3 N–H and O–H groups in total. The molecule has 1 aliphatic heterocycles. The van der Waals surface area contributed by atoms with Crippen LogP contribution in [0.4, 0.5) is 23.8 Å². The molecular weight excluding hydrogens is 413 g/mol. The maximum Gasteiger partial charge on any atom is 0.417 e. The number of nitrogens with one attached hydrogen (secondary N) is 2. The summed E-state index contributed by atoms with van der Waals surface area (Å²) >= 11 is 0. The van der Waals surface area contributed by atoms with Gasteiger partial charge in [-0.15, -0.1) is 0 Å². The number of aromatic nitrogens is 1. The van der Waals surface area contributed by atoms with Gasteiger partial charge in [0.1, 0.15) is 11.9 Å². The molecule has 1 aliphatic carbocycles. The zero-order valence-corrected chi connectivity index (χ0v) is 17.9. The van der Waals surface area contributed by atoms with Crippen molar-refractivity contribution in [3.8, 4) is 0 Å². The van der Waals surface area contributed by atoms with Crippen molar-refractivity contribution in [1.29, 1.82) is 0 Å². The molecule has 0 bridgehead atoms. The molecule has 4 atom stereocenters.